The molecule has 0 saturated carbocycles. The zero-order valence-corrected chi connectivity index (χ0v) is 14.3. The molecule has 0 fully saturated rings. The van der Waals surface area contributed by atoms with E-state index >= 15 is 0 Å². The van der Waals surface area contributed by atoms with Gasteiger partial charge in [-0.25, -0.2) is 0 Å². The number of aromatic nitrogens is 4. The van der Waals surface area contributed by atoms with Crippen LogP contribution in [0.15, 0.2) is 18.5 Å². The second-order valence-electron chi connectivity index (χ2n) is 5.96. The van der Waals surface area contributed by atoms with Gasteiger partial charge in [0.2, 0.25) is 0 Å². The summed E-state index contributed by atoms with van der Waals surface area (Å²) >= 11 is 0. The van der Waals surface area contributed by atoms with E-state index in [-0.39, 0.29) is 12.4 Å². The van der Waals surface area contributed by atoms with Crippen molar-refractivity contribution in [2.45, 2.75) is 53.8 Å². The predicted octanol–water partition coefficient (Wildman–Crippen LogP) is 3.66. The maximum Gasteiger partial charge on any atom is 0.0825 e. The molecular weight excluding hydrogens is 286 g/mol. The summed E-state index contributed by atoms with van der Waals surface area (Å²) in [5.41, 5.74) is 3.33. The van der Waals surface area contributed by atoms with Crippen LogP contribution >= 0.6 is 12.4 Å². The summed E-state index contributed by atoms with van der Waals surface area (Å²) in [6.07, 6.45) is 3.94. The van der Waals surface area contributed by atoms with Gasteiger partial charge >= 0.3 is 0 Å². The van der Waals surface area contributed by atoms with Crippen molar-refractivity contribution in [1.29, 1.82) is 0 Å². The highest BCUT2D eigenvalue weighted by molar-refractivity contribution is 5.85. The van der Waals surface area contributed by atoms with E-state index in [9.17, 15) is 0 Å². The summed E-state index contributed by atoms with van der Waals surface area (Å²) in [5.74, 6) is 0.601. The quantitative estimate of drug-likeness (QED) is 0.885. The fourth-order valence-corrected chi connectivity index (χ4v) is 2.29. The lowest BCUT2D eigenvalue weighted by atomic mass is 10.2. The fraction of sp³-hybridized carbons (Fsp3) is 0.600. The molecule has 0 saturated heterocycles. The van der Waals surface area contributed by atoms with Crippen molar-refractivity contribution in [3.63, 3.8) is 0 Å². The summed E-state index contributed by atoms with van der Waals surface area (Å²) in [6, 6.07) is 2.44. The highest BCUT2D eigenvalue weighted by atomic mass is 35.5. The molecular formula is C15H26ClN5. The molecule has 0 unspecified atom stereocenters. The molecule has 1 N–H and O–H groups in total. The molecule has 2 rings (SSSR count). The van der Waals surface area contributed by atoms with E-state index in [1.165, 1.54) is 5.69 Å². The van der Waals surface area contributed by atoms with E-state index in [0.717, 1.165) is 24.5 Å². The van der Waals surface area contributed by atoms with Crippen molar-refractivity contribution >= 4 is 18.1 Å². The second kappa shape index (κ2) is 7.50. The normalized spacial score (nSPS) is 11.0. The molecule has 0 aliphatic heterocycles. The molecule has 0 amide bonds. The number of hydrogen-bond donors (Lipinski definition) is 1. The van der Waals surface area contributed by atoms with E-state index in [1.807, 2.05) is 22.5 Å². The van der Waals surface area contributed by atoms with Crippen molar-refractivity contribution < 1.29 is 0 Å². The maximum atomic E-state index is 4.54. The highest BCUT2D eigenvalue weighted by Gasteiger charge is 2.09. The van der Waals surface area contributed by atoms with E-state index in [1.54, 1.807) is 0 Å². The Kier molecular flexibility index (Phi) is 6.27. The van der Waals surface area contributed by atoms with Gasteiger partial charge in [-0.15, -0.1) is 12.4 Å². The third-order valence-corrected chi connectivity index (χ3v) is 3.20. The zero-order valence-electron chi connectivity index (χ0n) is 13.5. The van der Waals surface area contributed by atoms with E-state index in [0.29, 0.717) is 12.0 Å². The molecule has 6 heteroatoms. The van der Waals surface area contributed by atoms with Gasteiger partial charge in [0.05, 0.1) is 23.6 Å². The largest absolute Gasteiger partial charge is 0.377 e. The first-order chi connectivity index (χ1) is 9.47. The molecule has 0 aliphatic carbocycles. The average molecular weight is 312 g/mol. The van der Waals surface area contributed by atoms with Crippen LogP contribution in [-0.4, -0.2) is 19.6 Å². The van der Waals surface area contributed by atoms with Crippen LogP contribution in [0, 0.1) is 12.8 Å². The van der Waals surface area contributed by atoms with Crippen LogP contribution in [-0.2, 0) is 13.1 Å². The van der Waals surface area contributed by atoms with Gasteiger partial charge in [0.25, 0.3) is 0 Å². The minimum absolute atomic E-state index is 0. The van der Waals surface area contributed by atoms with Crippen molar-refractivity contribution in [1.82, 2.24) is 19.6 Å². The Bertz CT molecular complexity index is 556. The topological polar surface area (TPSA) is 47.7 Å². The van der Waals surface area contributed by atoms with Crippen molar-refractivity contribution in [3.05, 3.63) is 29.8 Å². The maximum absolute atomic E-state index is 4.54. The van der Waals surface area contributed by atoms with E-state index in [2.05, 4.69) is 55.5 Å². The van der Waals surface area contributed by atoms with Gasteiger partial charge in [0.1, 0.15) is 0 Å². The zero-order chi connectivity index (χ0) is 14.7. The molecule has 118 valence electrons. The molecule has 0 atom stereocenters. The molecule has 0 spiro atoms. The van der Waals surface area contributed by atoms with Gasteiger partial charge in [-0.2, -0.15) is 10.2 Å². The SMILES string of the molecule is Cc1nn(CC(C)C)cc1NCc1ccnn1C(C)C.Cl. The van der Waals surface area contributed by atoms with Gasteiger partial charge in [0, 0.05) is 25.0 Å². The standard InChI is InChI=1S/C15H25N5.ClH/c1-11(2)9-19-10-15(13(5)18-19)16-8-14-6-7-17-20(14)12(3)4;/h6-7,10-12,16H,8-9H2,1-5H3;1H. The Morgan fingerprint density at radius 3 is 2.57 bits per heavy atom. The molecule has 2 aromatic rings. The van der Waals surface area contributed by atoms with Crippen LogP contribution in [0.5, 0.6) is 0 Å². The number of nitrogens with one attached hydrogen (secondary N) is 1. The van der Waals surface area contributed by atoms with Gasteiger partial charge in [-0.1, -0.05) is 13.8 Å². The number of nitrogens with zero attached hydrogens (tertiary/aromatic N) is 4. The van der Waals surface area contributed by atoms with Crippen LogP contribution in [0.2, 0.25) is 0 Å². The summed E-state index contributed by atoms with van der Waals surface area (Å²) in [6.45, 7) is 12.4. The van der Waals surface area contributed by atoms with Crippen LogP contribution in [0.4, 0.5) is 5.69 Å². The smallest absolute Gasteiger partial charge is 0.0825 e. The monoisotopic (exact) mass is 311 g/mol. The fourth-order valence-electron chi connectivity index (χ4n) is 2.29. The van der Waals surface area contributed by atoms with Gasteiger partial charge < -0.3 is 5.32 Å². The lowest BCUT2D eigenvalue weighted by Gasteiger charge is -2.11. The molecule has 5 nitrogen and oxygen atoms in total. The van der Waals surface area contributed by atoms with Gasteiger partial charge in [0.15, 0.2) is 0 Å². The Labute approximate surface area is 133 Å². The first kappa shape index (κ1) is 17.6. The number of rotatable bonds is 6. The summed E-state index contributed by atoms with van der Waals surface area (Å²) in [7, 11) is 0. The Morgan fingerprint density at radius 2 is 1.95 bits per heavy atom. The van der Waals surface area contributed by atoms with Crippen molar-refractivity contribution in [2.75, 3.05) is 5.32 Å². The third-order valence-electron chi connectivity index (χ3n) is 3.20. The van der Waals surface area contributed by atoms with Crippen molar-refractivity contribution in [2.24, 2.45) is 5.92 Å². The Hall–Kier alpha value is -1.49. The van der Waals surface area contributed by atoms with Crippen LogP contribution in [0.25, 0.3) is 0 Å². The molecule has 0 aromatic carbocycles. The summed E-state index contributed by atoms with van der Waals surface area (Å²) in [5, 5.41) is 12.4. The second-order valence-corrected chi connectivity index (χ2v) is 5.96. The minimum atomic E-state index is 0. The van der Waals surface area contributed by atoms with Crippen LogP contribution in [0.3, 0.4) is 0 Å². The predicted molar refractivity (Wildman–Crippen MR) is 89.0 cm³/mol. The summed E-state index contributed by atoms with van der Waals surface area (Å²) in [4.78, 5) is 0. The Balaban J connectivity index is 0.00000220. The van der Waals surface area contributed by atoms with Gasteiger partial charge in [-0.3, -0.25) is 9.36 Å². The number of anilines is 1. The highest BCUT2D eigenvalue weighted by Crippen LogP contribution is 2.16. The number of hydrogen-bond acceptors (Lipinski definition) is 3. The minimum Gasteiger partial charge on any atom is -0.377 e. The lowest BCUT2D eigenvalue weighted by molar-refractivity contribution is 0.481. The summed E-state index contributed by atoms with van der Waals surface area (Å²) < 4.78 is 4.06. The molecule has 0 bridgehead atoms. The number of aryl methyl sites for hydroxylation is 1. The first-order valence-corrected chi connectivity index (χ1v) is 7.27. The van der Waals surface area contributed by atoms with E-state index < -0.39 is 0 Å². The van der Waals surface area contributed by atoms with Crippen LogP contribution < -0.4 is 5.32 Å². The first-order valence-electron chi connectivity index (χ1n) is 7.27. The van der Waals surface area contributed by atoms with E-state index in [4.69, 9.17) is 0 Å². The molecule has 2 heterocycles. The molecule has 2 aromatic heterocycles. The molecule has 0 aliphatic rings. The molecule has 0 radical (unpaired) electrons. The number of halogens is 1. The third kappa shape index (κ3) is 4.49. The van der Waals surface area contributed by atoms with Gasteiger partial charge in [-0.05, 0) is 32.8 Å². The van der Waals surface area contributed by atoms with Crippen LogP contribution in [0.1, 0.15) is 45.1 Å². The lowest BCUT2D eigenvalue weighted by Crippen LogP contribution is -2.11. The molecule has 21 heavy (non-hydrogen) atoms. The average Bonchev–Trinajstić information content (AvgIpc) is 2.92. The van der Waals surface area contributed by atoms with Crippen molar-refractivity contribution in [3.8, 4) is 0 Å². The Morgan fingerprint density at radius 1 is 1.24 bits per heavy atom.